The Kier molecular flexibility index (Phi) is 4.13. The summed E-state index contributed by atoms with van der Waals surface area (Å²) >= 11 is 6.12. The summed E-state index contributed by atoms with van der Waals surface area (Å²) in [7, 11) is 0. The van der Waals surface area contributed by atoms with Crippen LogP contribution < -0.4 is 10.9 Å². The molecule has 1 amide bonds. The molecule has 2 aromatic heterocycles. The second-order valence-corrected chi connectivity index (χ2v) is 7.87. The first kappa shape index (κ1) is 17.9. The van der Waals surface area contributed by atoms with Gasteiger partial charge in [0.25, 0.3) is 11.5 Å². The molecule has 2 aromatic carbocycles. The number of nitrogens with zero attached hydrogens (tertiary/aromatic N) is 4. The lowest BCUT2D eigenvalue weighted by molar-refractivity contribution is 0.0941. The molecule has 0 spiro atoms. The molecule has 1 saturated carbocycles. The Labute approximate surface area is 170 Å². The van der Waals surface area contributed by atoms with Gasteiger partial charge in [0, 0.05) is 11.1 Å². The molecular formula is C21H18ClN5O2. The standard InChI is InChI=1S/C21H18ClN5O2/c1-12-5-8-16-17(9-12)26(11-13-3-2-4-14(22)10-13)21(29)19-24-18(25-27(16)19)20(28)23-15-6-7-15/h2-5,8-10,15H,6-7,11H2,1H3,(H,23,28). The first-order valence-electron chi connectivity index (χ1n) is 9.45. The van der Waals surface area contributed by atoms with E-state index in [0.717, 1.165) is 29.5 Å². The maximum Gasteiger partial charge on any atom is 0.296 e. The number of halogens is 1. The molecule has 0 unspecified atom stereocenters. The van der Waals surface area contributed by atoms with Gasteiger partial charge in [0.2, 0.25) is 11.5 Å². The van der Waals surface area contributed by atoms with Crippen LogP contribution in [0.5, 0.6) is 0 Å². The Morgan fingerprint density at radius 2 is 2.03 bits per heavy atom. The average Bonchev–Trinajstić information content (AvgIpc) is 3.38. The summed E-state index contributed by atoms with van der Waals surface area (Å²) in [6, 6.07) is 13.4. The van der Waals surface area contributed by atoms with E-state index in [0.29, 0.717) is 17.1 Å². The van der Waals surface area contributed by atoms with Gasteiger partial charge in [-0.3, -0.25) is 14.2 Å². The summed E-state index contributed by atoms with van der Waals surface area (Å²) in [6.07, 6.45) is 1.93. The van der Waals surface area contributed by atoms with Crippen LogP contribution in [0.1, 0.15) is 34.6 Å². The van der Waals surface area contributed by atoms with Gasteiger partial charge in [0.05, 0.1) is 17.6 Å². The first-order valence-corrected chi connectivity index (χ1v) is 9.82. The normalized spacial score (nSPS) is 13.9. The lowest BCUT2D eigenvalue weighted by atomic mass is 10.2. The molecule has 1 N–H and O–H groups in total. The fourth-order valence-corrected chi connectivity index (χ4v) is 3.64. The second kappa shape index (κ2) is 6.70. The fraction of sp³-hybridized carbons (Fsp3) is 0.238. The van der Waals surface area contributed by atoms with Crippen molar-refractivity contribution < 1.29 is 4.79 Å². The SMILES string of the molecule is Cc1ccc2c(c1)n(Cc1cccc(Cl)c1)c(=O)c1nc(C(=O)NC3CC3)nn12. The molecule has 7 nitrogen and oxygen atoms in total. The highest BCUT2D eigenvalue weighted by atomic mass is 35.5. The fourth-order valence-electron chi connectivity index (χ4n) is 3.43. The van der Waals surface area contributed by atoms with Crippen molar-refractivity contribution in [3.8, 4) is 0 Å². The molecule has 1 aliphatic rings. The van der Waals surface area contributed by atoms with Crippen LogP contribution in [-0.4, -0.2) is 31.1 Å². The molecule has 4 aromatic rings. The van der Waals surface area contributed by atoms with Gasteiger partial charge in [0.15, 0.2) is 0 Å². The minimum absolute atomic E-state index is 0.0105. The predicted molar refractivity (Wildman–Crippen MR) is 111 cm³/mol. The number of hydrogen-bond donors (Lipinski definition) is 1. The highest BCUT2D eigenvalue weighted by molar-refractivity contribution is 6.30. The minimum atomic E-state index is -0.350. The van der Waals surface area contributed by atoms with E-state index in [9.17, 15) is 9.59 Å². The molecule has 29 heavy (non-hydrogen) atoms. The Morgan fingerprint density at radius 1 is 1.21 bits per heavy atom. The smallest absolute Gasteiger partial charge is 0.296 e. The summed E-state index contributed by atoms with van der Waals surface area (Å²) < 4.78 is 3.12. The van der Waals surface area contributed by atoms with Gasteiger partial charge >= 0.3 is 0 Å². The number of carbonyl (C=O) groups is 1. The number of rotatable bonds is 4. The molecule has 1 fully saturated rings. The molecule has 146 valence electrons. The van der Waals surface area contributed by atoms with Crippen molar-refractivity contribution in [1.29, 1.82) is 0 Å². The maximum absolute atomic E-state index is 13.3. The van der Waals surface area contributed by atoms with Crippen LogP contribution in [0, 0.1) is 6.92 Å². The summed E-state index contributed by atoms with van der Waals surface area (Å²) in [4.78, 5) is 30.0. The van der Waals surface area contributed by atoms with Gasteiger partial charge < -0.3 is 5.32 Å². The molecular weight excluding hydrogens is 390 g/mol. The second-order valence-electron chi connectivity index (χ2n) is 7.43. The zero-order chi connectivity index (χ0) is 20.1. The van der Waals surface area contributed by atoms with Crippen LogP contribution in [0.15, 0.2) is 47.3 Å². The van der Waals surface area contributed by atoms with Gasteiger partial charge in [-0.2, -0.15) is 4.98 Å². The quantitative estimate of drug-likeness (QED) is 0.564. The summed E-state index contributed by atoms with van der Waals surface area (Å²) in [5.74, 6) is -0.339. The molecule has 0 bridgehead atoms. The molecule has 5 rings (SSSR count). The molecule has 1 aliphatic carbocycles. The molecule has 0 aliphatic heterocycles. The van der Waals surface area contributed by atoms with Crippen molar-refractivity contribution in [3.63, 3.8) is 0 Å². The third kappa shape index (κ3) is 3.27. The summed E-state index contributed by atoms with van der Waals surface area (Å²) in [5.41, 5.74) is 3.18. The van der Waals surface area contributed by atoms with Crippen molar-refractivity contribution in [3.05, 3.63) is 74.8 Å². The highest BCUT2D eigenvalue weighted by Crippen LogP contribution is 2.20. The third-order valence-corrected chi connectivity index (χ3v) is 5.27. The number of aryl methyl sites for hydroxylation is 1. The van der Waals surface area contributed by atoms with Gasteiger partial charge in [-0.05, 0) is 55.2 Å². The number of benzene rings is 2. The van der Waals surface area contributed by atoms with Gasteiger partial charge in [-0.25, -0.2) is 4.52 Å². The van der Waals surface area contributed by atoms with E-state index in [1.807, 2.05) is 43.3 Å². The number of amides is 1. The largest absolute Gasteiger partial charge is 0.347 e. The van der Waals surface area contributed by atoms with E-state index in [1.54, 1.807) is 10.6 Å². The summed E-state index contributed by atoms with van der Waals surface area (Å²) in [6.45, 7) is 2.31. The van der Waals surface area contributed by atoms with Crippen LogP contribution >= 0.6 is 11.6 Å². The lowest BCUT2D eigenvalue weighted by Crippen LogP contribution is -2.26. The van der Waals surface area contributed by atoms with Crippen molar-refractivity contribution in [2.75, 3.05) is 0 Å². The van der Waals surface area contributed by atoms with E-state index in [2.05, 4.69) is 15.4 Å². The van der Waals surface area contributed by atoms with Crippen LogP contribution in [0.2, 0.25) is 5.02 Å². The zero-order valence-corrected chi connectivity index (χ0v) is 16.5. The van der Waals surface area contributed by atoms with Crippen molar-refractivity contribution in [2.24, 2.45) is 0 Å². The van der Waals surface area contributed by atoms with Crippen LogP contribution in [-0.2, 0) is 6.54 Å². The highest BCUT2D eigenvalue weighted by Gasteiger charge is 2.26. The van der Waals surface area contributed by atoms with Crippen LogP contribution in [0.4, 0.5) is 0 Å². The van der Waals surface area contributed by atoms with Crippen molar-refractivity contribution >= 4 is 34.2 Å². The molecule has 2 heterocycles. The Hall–Kier alpha value is -3.19. The van der Waals surface area contributed by atoms with E-state index >= 15 is 0 Å². The monoisotopic (exact) mass is 407 g/mol. The molecule has 0 saturated heterocycles. The van der Waals surface area contributed by atoms with Gasteiger partial charge in [0.1, 0.15) is 0 Å². The minimum Gasteiger partial charge on any atom is -0.347 e. The van der Waals surface area contributed by atoms with Gasteiger partial charge in [-0.1, -0.05) is 29.8 Å². The Morgan fingerprint density at radius 3 is 2.79 bits per heavy atom. The van der Waals surface area contributed by atoms with Gasteiger partial charge in [-0.15, -0.1) is 5.10 Å². The lowest BCUT2D eigenvalue weighted by Gasteiger charge is -2.12. The number of hydrogen-bond acceptors (Lipinski definition) is 4. The number of aromatic nitrogens is 4. The number of nitrogens with one attached hydrogen (secondary N) is 1. The molecule has 8 heteroatoms. The van der Waals surface area contributed by atoms with Crippen molar-refractivity contribution in [1.82, 2.24) is 24.5 Å². The Balaban J connectivity index is 1.72. The number of carbonyl (C=O) groups excluding carboxylic acids is 1. The van der Waals surface area contributed by atoms with Crippen LogP contribution in [0.25, 0.3) is 16.7 Å². The van der Waals surface area contributed by atoms with E-state index < -0.39 is 0 Å². The van der Waals surface area contributed by atoms with E-state index in [1.165, 1.54) is 4.52 Å². The summed E-state index contributed by atoms with van der Waals surface area (Å²) in [5, 5.41) is 7.81. The third-order valence-electron chi connectivity index (χ3n) is 5.04. The first-order chi connectivity index (χ1) is 14.0. The Bertz CT molecular complexity index is 1340. The molecule has 0 atom stereocenters. The average molecular weight is 408 g/mol. The maximum atomic E-state index is 13.3. The topological polar surface area (TPSA) is 81.3 Å². The predicted octanol–water partition coefficient (Wildman–Crippen LogP) is 2.95. The zero-order valence-electron chi connectivity index (χ0n) is 15.7. The van der Waals surface area contributed by atoms with E-state index in [4.69, 9.17) is 11.6 Å². The van der Waals surface area contributed by atoms with Crippen molar-refractivity contribution in [2.45, 2.75) is 32.4 Å². The van der Waals surface area contributed by atoms with E-state index in [-0.39, 0.29) is 29.0 Å². The molecule has 0 radical (unpaired) electrons. The number of fused-ring (bicyclic) bond motifs is 3. The van der Waals surface area contributed by atoms with Crippen LogP contribution in [0.3, 0.4) is 0 Å².